The van der Waals surface area contributed by atoms with Crippen molar-refractivity contribution in [3.8, 4) is 0 Å². The van der Waals surface area contributed by atoms with E-state index in [1.807, 2.05) is 0 Å². The van der Waals surface area contributed by atoms with Gasteiger partial charge < -0.3 is 14.8 Å². The Kier molecular flexibility index (Phi) is 4.17. The Labute approximate surface area is 138 Å². The predicted octanol–water partition coefficient (Wildman–Crippen LogP) is 2.99. The molecule has 3 rings (SSSR count). The lowest BCUT2D eigenvalue weighted by atomic mass is 10.0. The molecule has 0 aliphatic heterocycles. The van der Waals surface area contributed by atoms with E-state index < -0.39 is 23.2 Å². The van der Waals surface area contributed by atoms with Crippen LogP contribution in [0.25, 0.3) is 0 Å². The van der Waals surface area contributed by atoms with Gasteiger partial charge in [0.25, 0.3) is 0 Å². The largest absolute Gasteiger partial charge is 0.463 e. The van der Waals surface area contributed by atoms with E-state index in [2.05, 4.69) is 5.32 Å². The lowest BCUT2D eigenvalue weighted by Gasteiger charge is -2.21. The summed E-state index contributed by atoms with van der Waals surface area (Å²) in [7, 11) is 0. The van der Waals surface area contributed by atoms with Crippen molar-refractivity contribution in [2.24, 2.45) is 5.92 Å². The molecule has 1 saturated carbocycles. The zero-order valence-electron chi connectivity index (χ0n) is 13.5. The summed E-state index contributed by atoms with van der Waals surface area (Å²) in [5.74, 6) is -1.78. The van der Waals surface area contributed by atoms with Crippen LogP contribution in [0.5, 0.6) is 0 Å². The summed E-state index contributed by atoms with van der Waals surface area (Å²) < 4.78 is 32.4. The Hall–Kier alpha value is -2.21. The fourth-order valence-electron chi connectivity index (χ4n) is 2.84. The minimum atomic E-state index is -1.33. The lowest BCUT2D eigenvalue weighted by molar-refractivity contribution is -0.123. The van der Waals surface area contributed by atoms with Crippen molar-refractivity contribution in [2.75, 3.05) is 6.54 Å². The number of amides is 1. The van der Waals surface area contributed by atoms with Gasteiger partial charge in [0, 0.05) is 5.92 Å². The predicted molar refractivity (Wildman–Crippen MR) is 83.2 cm³/mol. The number of halogens is 2. The standard InChI is InChI=1S/C18H19F2NO3/c1-10-6-7-15(24-10)18(2,23)9-21-17(22)13-8-12(13)11-4-3-5-14(19)16(11)20/h3-7,12-13,23H,8-9H2,1-2H3,(H,21,22). The number of rotatable bonds is 5. The molecule has 3 atom stereocenters. The third-order valence-electron chi connectivity index (χ3n) is 4.39. The molecule has 4 nitrogen and oxygen atoms in total. The van der Waals surface area contributed by atoms with Crippen molar-refractivity contribution < 1.29 is 23.1 Å². The zero-order chi connectivity index (χ0) is 17.5. The van der Waals surface area contributed by atoms with Gasteiger partial charge in [-0.1, -0.05) is 12.1 Å². The van der Waals surface area contributed by atoms with Crippen molar-refractivity contribution >= 4 is 5.91 Å². The first-order valence-electron chi connectivity index (χ1n) is 7.80. The third-order valence-corrected chi connectivity index (χ3v) is 4.39. The third kappa shape index (κ3) is 3.19. The Bertz CT molecular complexity index is 769. The Morgan fingerprint density at radius 2 is 2.12 bits per heavy atom. The summed E-state index contributed by atoms with van der Waals surface area (Å²) in [5, 5.41) is 13.1. The highest BCUT2D eigenvalue weighted by Crippen LogP contribution is 2.48. The molecule has 1 aromatic carbocycles. The second kappa shape index (κ2) is 6.02. The molecule has 0 saturated heterocycles. The summed E-state index contributed by atoms with van der Waals surface area (Å²) in [5.41, 5.74) is -1.11. The van der Waals surface area contributed by atoms with Gasteiger partial charge in [-0.15, -0.1) is 0 Å². The van der Waals surface area contributed by atoms with Crippen molar-refractivity contribution in [1.29, 1.82) is 0 Å². The number of furan rings is 1. The molecule has 128 valence electrons. The second-order valence-corrected chi connectivity index (χ2v) is 6.49. The number of hydrogen-bond donors (Lipinski definition) is 2. The van der Waals surface area contributed by atoms with E-state index in [9.17, 15) is 18.7 Å². The molecule has 1 heterocycles. The molecule has 1 fully saturated rings. The van der Waals surface area contributed by atoms with Crippen LogP contribution in [-0.2, 0) is 10.4 Å². The molecule has 1 aliphatic carbocycles. The summed E-state index contributed by atoms with van der Waals surface area (Å²) in [6, 6.07) is 7.38. The maximum atomic E-state index is 13.8. The minimum Gasteiger partial charge on any atom is -0.463 e. The van der Waals surface area contributed by atoms with Gasteiger partial charge in [-0.2, -0.15) is 0 Å². The molecular weight excluding hydrogens is 316 g/mol. The van der Waals surface area contributed by atoms with Crippen LogP contribution in [0.15, 0.2) is 34.7 Å². The molecule has 2 aromatic rings. The Morgan fingerprint density at radius 1 is 1.38 bits per heavy atom. The van der Waals surface area contributed by atoms with Crippen LogP contribution in [0.4, 0.5) is 8.78 Å². The van der Waals surface area contributed by atoms with E-state index in [4.69, 9.17) is 4.42 Å². The van der Waals surface area contributed by atoms with E-state index in [1.165, 1.54) is 12.1 Å². The highest BCUT2D eigenvalue weighted by Gasteiger charge is 2.46. The summed E-state index contributed by atoms with van der Waals surface area (Å²) in [6.45, 7) is 3.29. The van der Waals surface area contributed by atoms with Gasteiger partial charge in [-0.25, -0.2) is 8.78 Å². The molecule has 1 aromatic heterocycles. The minimum absolute atomic E-state index is 0.0202. The average Bonchev–Trinajstić information content (AvgIpc) is 3.20. The molecule has 0 spiro atoms. The zero-order valence-corrected chi connectivity index (χ0v) is 13.5. The molecule has 2 N–H and O–H groups in total. The maximum Gasteiger partial charge on any atom is 0.223 e. The first kappa shape index (κ1) is 16.6. The van der Waals surface area contributed by atoms with Crippen LogP contribution in [0.2, 0.25) is 0 Å². The molecule has 0 radical (unpaired) electrons. The van der Waals surface area contributed by atoms with Gasteiger partial charge in [-0.05, 0) is 49.9 Å². The smallest absolute Gasteiger partial charge is 0.223 e. The van der Waals surface area contributed by atoms with E-state index in [0.717, 1.165) is 6.07 Å². The Morgan fingerprint density at radius 3 is 2.79 bits per heavy atom. The first-order chi connectivity index (χ1) is 11.3. The molecule has 1 amide bonds. The maximum absolute atomic E-state index is 13.8. The van der Waals surface area contributed by atoms with Gasteiger partial charge in [0.15, 0.2) is 11.6 Å². The second-order valence-electron chi connectivity index (χ2n) is 6.49. The number of benzene rings is 1. The topological polar surface area (TPSA) is 62.5 Å². The van der Waals surface area contributed by atoms with Crippen LogP contribution < -0.4 is 5.32 Å². The van der Waals surface area contributed by atoms with Crippen LogP contribution in [0.3, 0.4) is 0 Å². The van der Waals surface area contributed by atoms with Gasteiger partial charge in [0.2, 0.25) is 5.91 Å². The van der Waals surface area contributed by atoms with Crippen LogP contribution in [0, 0.1) is 24.5 Å². The molecule has 0 bridgehead atoms. The number of aryl methyl sites for hydroxylation is 1. The van der Waals surface area contributed by atoms with Crippen LogP contribution in [0.1, 0.15) is 36.3 Å². The number of aliphatic hydroxyl groups is 1. The van der Waals surface area contributed by atoms with Crippen molar-refractivity contribution in [3.63, 3.8) is 0 Å². The molecule has 3 unspecified atom stereocenters. The van der Waals surface area contributed by atoms with E-state index in [0.29, 0.717) is 17.9 Å². The fourth-order valence-corrected chi connectivity index (χ4v) is 2.84. The van der Waals surface area contributed by atoms with Crippen molar-refractivity contribution in [3.05, 3.63) is 59.1 Å². The molecule has 1 aliphatic rings. The van der Waals surface area contributed by atoms with Gasteiger partial charge in [-0.3, -0.25) is 4.79 Å². The average molecular weight is 335 g/mol. The molecule has 24 heavy (non-hydrogen) atoms. The monoisotopic (exact) mass is 335 g/mol. The van der Waals surface area contributed by atoms with E-state index in [1.54, 1.807) is 26.0 Å². The van der Waals surface area contributed by atoms with Crippen molar-refractivity contribution in [2.45, 2.75) is 31.8 Å². The number of carbonyl (C=O) groups is 1. The quantitative estimate of drug-likeness (QED) is 0.883. The highest BCUT2D eigenvalue weighted by atomic mass is 19.2. The normalized spacial score (nSPS) is 22.0. The summed E-state index contributed by atoms with van der Waals surface area (Å²) >= 11 is 0. The summed E-state index contributed by atoms with van der Waals surface area (Å²) in [6.07, 6.45) is 0.466. The Balaban J connectivity index is 1.60. The number of hydrogen-bond acceptors (Lipinski definition) is 3. The summed E-state index contributed by atoms with van der Waals surface area (Å²) in [4.78, 5) is 12.2. The van der Waals surface area contributed by atoms with Crippen LogP contribution in [-0.4, -0.2) is 17.6 Å². The van der Waals surface area contributed by atoms with Gasteiger partial charge in [0.05, 0.1) is 6.54 Å². The van der Waals surface area contributed by atoms with Crippen LogP contribution >= 0.6 is 0 Å². The fraction of sp³-hybridized carbons (Fsp3) is 0.389. The first-order valence-corrected chi connectivity index (χ1v) is 7.80. The van der Waals surface area contributed by atoms with E-state index in [-0.39, 0.29) is 23.9 Å². The number of carbonyl (C=O) groups excluding carboxylic acids is 1. The van der Waals surface area contributed by atoms with Gasteiger partial charge in [0.1, 0.15) is 17.1 Å². The number of nitrogens with one attached hydrogen (secondary N) is 1. The van der Waals surface area contributed by atoms with Crippen molar-refractivity contribution in [1.82, 2.24) is 5.32 Å². The van der Waals surface area contributed by atoms with E-state index >= 15 is 0 Å². The van der Waals surface area contributed by atoms with Gasteiger partial charge >= 0.3 is 0 Å². The lowest BCUT2D eigenvalue weighted by Crippen LogP contribution is -2.39. The SMILES string of the molecule is Cc1ccc(C(C)(O)CNC(=O)C2CC2c2cccc(F)c2F)o1. The highest BCUT2D eigenvalue weighted by molar-refractivity contribution is 5.83. The molecule has 6 heteroatoms. The molecular formula is C18H19F2NO3.